The molecule has 0 radical (unpaired) electrons. The van der Waals surface area contributed by atoms with Crippen LogP contribution in [0.4, 0.5) is 4.39 Å². The molecule has 0 saturated carbocycles. The number of benzene rings is 2. The topological polar surface area (TPSA) is 44.8 Å². The van der Waals surface area contributed by atoms with Crippen LogP contribution in [-0.2, 0) is 17.8 Å². The van der Waals surface area contributed by atoms with E-state index in [0.29, 0.717) is 6.54 Å². The van der Waals surface area contributed by atoms with Crippen molar-refractivity contribution in [2.45, 2.75) is 19.0 Å². The van der Waals surface area contributed by atoms with E-state index in [2.05, 4.69) is 33.3 Å². The first kappa shape index (κ1) is 22.1. The molecule has 172 valence electrons. The Morgan fingerprint density at radius 3 is 2.61 bits per heavy atom. The molecular weight excluding hydrogens is 437 g/mol. The van der Waals surface area contributed by atoms with Gasteiger partial charge in [-0.15, -0.1) is 11.3 Å². The number of nitrogens with one attached hydrogen (secondary N) is 1. The lowest BCUT2D eigenvalue weighted by molar-refractivity contribution is -0.123. The second-order valence-corrected chi connectivity index (χ2v) is 9.64. The second-order valence-electron chi connectivity index (χ2n) is 8.66. The number of carbonyl (C=O) groups is 1. The number of fused-ring (bicyclic) bond motifs is 1. The highest BCUT2D eigenvalue weighted by atomic mass is 32.1. The van der Waals surface area contributed by atoms with E-state index in [9.17, 15) is 9.18 Å². The Morgan fingerprint density at radius 2 is 1.85 bits per heavy atom. The monoisotopic (exact) mass is 465 g/mol. The molecule has 1 unspecified atom stereocenters. The Hall–Kier alpha value is -2.74. The molecule has 1 amide bonds. The summed E-state index contributed by atoms with van der Waals surface area (Å²) >= 11 is 1.59. The van der Waals surface area contributed by atoms with E-state index >= 15 is 0 Å². The fourth-order valence-electron chi connectivity index (χ4n) is 4.54. The van der Waals surface area contributed by atoms with Gasteiger partial charge in [0.05, 0.1) is 19.2 Å². The molecular formula is C26H28FN3O2S. The highest BCUT2D eigenvalue weighted by Crippen LogP contribution is 2.27. The van der Waals surface area contributed by atoms with Gasteiger partial charge in [-0.3, -0.25) is 14.6 Å². The zero-order chi connectivity index (χ0) is 22.6. The predicted molar refractivity (Wildman–Crippen MR) is 128 cm³/mol. The van der Waals surface area contributed by atoms with E-state index in [1.165, 1.54) is 23.3 Å². The normalized spacial score (nSPS) is 17.4. The summed E-state index contributed by atoms with van der Waals surface area (Å²) in [6.07, 6.45) is 0.996. The lowest BCUT2D eigenvalue weighted by Gasteiger charge is -2.34. The zero-order valence-electron chi connectivity index (χ0n) is 18.5. The number of hydrogen-bond donors (Lipinski definition) is 1. The lowest BCUT2D eigenvalue weighted by Crippen LogP contribution is -2.49. The van der Waals surface area contributed by atoms with Crippen molar-refractivity contribution in [3.8, 4) is 5.75 Å². The maximum absolute atomic E-state index is 13.4. The third-order valence-corrected chi connectivity index (χ3v) is 7.27. The molecule has 5 rings (SSSR count). The summed E-state index contributed by atoms with van der Waals surface area (Å²) in [7, 11) is 0. The van der Waals surface area contributed by atoms with Crippen LogP contribution in [-0.4, -0.2) is 55.0 Å². The van der Waals surface area contributed by atoms with Crippen LogP contribution >= 0.6 is 11.3 Å². The minimum Gasteiger partial charge on any atom is -0.493 e. The Kier molecular flexibility index (Phi) is 6.71. The largest absolute Gasteiger partial charge is 0.493 e. The molecule has 1 N–H and O–H groups in total. The van der Waals surface area contributed by atoms with Gasteiger partial charge in [0, 0.05) is 44.0 Å². The van der Waals surface area contributed by atoms with Gasteiger partial charge in [0.25, 0.3) is 0 Å². The smallest absolute Gasteiger partial charge is 0.234 e. The molecule has 5 nitrogen and oxygen atoms in total. The molecule has 0 bridgehead atoms. The number of nitrogens with zero attached hydrogens (tertiary/aromatic N) is 2. The first-order chi connectivity index (χ1) is 16.1. The highest BCUT2D eigenvalue weighted by Gasteiger charge is 2.23. The SMILES string of the molecule is O=C(CN1CCN(Cc2ccc3c(c2)CCO3)CC1)NC(c1ccc(F)cc1)c1cccs1. The average molecular weight is 466 g/mol. The number of ether oxygens (including phenoxy) is 1. The third-order valence-electron chi connectivity index (χ3n) is 6.33. The Bertz CT molecular complexity index is 1080. The van der Waals surface area contributed by atoms with Gasteiger partial charge >= 0.3 is 0 Å². The fourth-order valence-corrected chi connectivity index (χ4v) is 5.34. The van der Waals surface area contributed by atoms with Crippen molar-refractivity contribution in [1.82, 2.24) is 15.1 Å². The number of halogens is 1. The molecule has 2 aromatic carbocycles. The zero-order valence-corrected chi connectivity index (χ0v) is 19.3. The van der Waals surface area contributed by atoms with Crippen LogP contribution < -0.4 is 10.1 Å². The standard InChI is InChI=1S/C26H28FN3O2S/c27-22-6-4-20(5-7-22)26(24-2-1-15-33-24)28-25(31)18-30-12-10-29(11-13-30)17-19-3-8-23-21(16-19)9-14-32-23/h1-8,15-16,26H,9-14,17-18H2,(H,28,31). The van der Waals surface area contributed by atoms with Crippen LogP contribution in [0.2, 0.25) is 0 Å². The number of carbonyl (C=O) groups excluding carboxylic acids is 1. The number of rotatable bonds is 7. The molecule has 7 heteroatoms. The van der Waals surface area contributed by atoms with Gasteiger partial charge in [0.15, 0.2) is 0 Å². The van der Waals surface area contributed by atoms with E-state index in [-0.39, 0.29) is 17.8 Å². The molecule has 1 aromatic heterocycles. The Balaban J connectivity index is 1.14. The first-order valence-electron chi connectivity index (χ1n) is 11.4. The lowest BCUT2D eigenvalue weighted by atomic mass is 10.1. The maximum Gasteiger partial charge on any atom is 0.234 e. The number of amides is 1. The summed E-state index contributed by atoms with van der Waals surface area (Å²) in [5.74, 6) is 0.738. The summed E-state index contributed by atoms with van der Waals surface area (Å²) in [4.78, 5) is 18.6. The van der Waals surface area contributed by atoms with Gasteiger partial charge < -0.3 is 10.1 Å². The van der Waals surface area contributed by atoms with E-state index < -0.39 is 0 Å². The molecule has 1 atom stereocenters. The minimum absolute atomic E-state index is 0.00945. The van der Waals surface area contributed by atoms with E-state index in [1.807, 2.05) is 17.5 Å². The van der Waals surface area contributed by atoms with Crippen LogP contribution in [0.25, 0.3) is 0 Å². The third kappa shape index (κ3) is 5.43. The summed E-state index contributed by atoms with van der Waals surface area (Å²) in [5.41, 5.74) is 3.52. The predicted octanol–water partition coefficient (Wildman–Crippen LogP) is 3.85. The van der Waals surface area contributed by atoms with E-state index in [4.69, 9.17) is 4.74 Å². The van der Waals surface area contributed by atoms with Gasteiger partial charge in [0.2, 0.25) is 5.91 Å². The van der Waals surface area contributed by atoms with Gasteiger partial charge in [0.1, 0.15) is 11.6 Å². The molecule has 1 saturated heterocycles. The first-order valence-corrected chi connectivity index (χ1v) is 12.3. The molecule has 3 heterocycles. The molecule has 3 aromatic rings. The van der Waals surface area contributed by atoms with Crippen molar-refractivity contribution < 1.29 is 13.9 Å². The van der Waals surface area contributed by atoms with E-state index in [0.717, 1.165) is 61.9 Å². The quantitative estimate of drug-likeness (QED) is 0.576. The molecule has 2 aliphatic rings. The van der Waals surface area contributed by atoms with Crippen LogP contribution in [0.15, 0.2) is 60.0 Å². The van der Waals surface area contributed by atoms with Crippen molar-refractivity contribution in [1.29, 1.82) is 0 Å². The highest BCUT2D eigenvalue weighted by molar-refractivity contribution is 7.10. The summed E-state index contributed by atoms with van der Waals surface area (Å²) in [6.45, 7) is 5.68. The molecule has 0 spiro atoms. The van der Waals surface area contributed by atoms with Crippen molar-refractivity contribution in [2.24, 2.45) is 0 Å². The van der Waals surface area contributed by atoms with Gasteiger partial charge in [-0.1, -0.05) is 30.3 Å². The van der Waals surface area contributed by atoms with Gasteiger partial charge in [-0.05, 0) is 46.3 Å². The minimum atomic E-state index is -0.277. The fraction of sp³-hybridized carbons (Fsp3) is 0.346. The van der Waals surface area contributed by atoms with Crippen LogP contribution in [0.3, 0.4) is 0 Å². The number of thiophene rings is 1. The molecule has 1 fully saturated rings. The van der Waals surface area contributed by atoms with E-state index in [1.54, 1.807) is 23.5 Å². The van der Waals surface area contributed by atoms with Crippen molar-refractivity contribution >= 4 is 17.2 Å². The molecule has 0 aliphatic carbocycles. The Morgan fingerprint density at radius 1 is 1.06 bits per heavy atom. The van der Waals surface area contributed by atoms with Gasteiger partial charge in [-0.25, -0.2) is 4.39 Å². The summed E-state index contributed by atoms with van der Waals surface area (Å²) < 4.78 is 19.0. The maximum atomic E-state index is 13.4. The number of hydrogen-bond acceptors (Lipinski definition) is 5. The average Bonchev–Trinajstić information content (AvgIpc) is 3.51. The van der Waals surface area contributed by atoms with Crippen LogP contribution in [0.5, 0.6) is 5.75 Å². The second kappa shape index (κ2) is 10.0. The van der Waals surface area contributed by atoms with Crippen molar-refractivity contribution in [2.75, 3.05) is 39.3 Å². The summed E-state index contributed by atoms with van der Waals surface area (Å²) in [5, 5.41) is 5.15. The van der Waals surface area contributed by atoms with Crippen LogP contribution in [0, 0.1) is 5.82 Å². The summed E-state index contributed by atoms with van der Waals surface area (Å²) in [6, 6.07) is 16.6. The van der Waals surface area contributed by atoms with Crippen molar-refractivity contribution in [3.63, 3.8) is 0 Å². The number of piperazine rings is 1. The Labute approximate surface area is 197 Å². The van der Waals surface area contributed by atoms with Gasteiger partial charge in [-0.2, -0.15) is 0 Å². The molecule has 33 heavy (non-hydrogen) atoms. The van der Waals surface area contributed by atoms with Crippen LogP contribution in [0.1, 0.15) is 27.6 Å². The molecule has 2 aliphatic heterocycles. The van der Waals surface area contributed by atoms with Crippen molar-refractivity contribution in [3.05, 3.63) is 87.4 Å².